The zero-order valence-corrected chi connectivity index (χ0v) is 13.5. The first kappa shape index (κ1) is 16.4. The number of pyridine rings is 1. The molecule has 1 N–H and O–H groups in total. The zero-order chi connectivity index (χ0) is 18.1. The molecular weight excluding hydrogens is 347 g/mol. The van der Waals surface area contributed by atoms with E-state index >= 15 is 0 Å². The number of hydrogen-bond acceptors (Lipinski definition) is 7. The van der Waals surface area contributed by atoms with E-state index in [1.165, 1.54) is 6.33 Å². The van der Waals surface area contributed by atoms with E-state index in [-0.39, 0.29) is 12.0 Å². The SMILES string of the molecule is FC(F)(F)c1ccnc(NC2CCN(c3ncnc4cnccc34)C2)n1. The Bertz CT molecular complexity index is 926. The van der Waals surface area contributed by atoms with Crippen LogP contribution in [-0.4, -0.2) is 44.1 Å². The van der Waals surface area contributed by atoms with E-state index in [0.29, 0.717) is 13.1 Å². The van der Waals surface area contributed by atoms with Gasteiger partial charge in [0.05, 0.1) is 11.7 Å². The van der Waals surface area contributed by atoms with Crippen molar-refractivity contribution in [2.75, 3.05) is 23.3 Å². The Kier molecular flexibility index (Phi) is 4.02. The summed E-state index contributed by atoms with van der Waals surface area (Å²) in [6, 6.07) is 2.62. The quantitative estimate of drug-likeness (QED) is 0.768. The number of halogens is 3. The molecule has 0 amide bonds. The van der Waals surface area contributed by atoms with Crippen molar-refractivity contribution in [2.24, 2.45) is 0 Å². The molecule has 0 saturated carbocycles. The van der Waals surface area contributed by atoms with Crippen LogP contribution in [0.15, 0.2) is 37.1 Å². The van der Waals surface area contributed by atoms with Crippen molar-refractivity contribution in [1.82, 2.24) is 24.9 Å². The number of nitrogens with one attached hydrogen (secondary N) is 1. The lowest BCUT2D eigenvalue weighted by atomic mass is 10.2. The molecule has 0 aliphatic carbocycles. The van der Waals surface area contributed by atoms with Crippen LogP contribution in [0.2, 0.25) is 0 Å². The van der Waals surface area contributed by atoms with E-state index in [1.807, 2.05) is 6.07 Å². The Morgan fingerprint density at radius 3 is 2.85 bits per heavy atom. The third-order valence-electron chi connectivity index (χ3n) is 4.18. The minimum Gasteiger partial charge on any atom is -0.354 e. The van der Waals surface area contributed by atoms with Gasteiger partial charge in [0, 0.05) is 36.9 Å². The van der Waals surface area contributed by atoms with Gasteiger partial charge in [-0.2, -0.15) is 13.2 Å². The summed E-state index contributed by atoms with van der Waals surface area (Å²) in [5.41, 5.74) is -0.214. The van der Waals surface area contributed by atoms with Crippen LogP contribution < -0.4 is 10.2 Å². The molecule has 4 rings (SSSR count). The summed E-state index contributed by atoms with van der Waals surface area (Å²) in [6.07, 6.45) is 2.18. The third kappa shape index (κ3) is 3.22. The van der Waals surface area contributed by atoms with Gasteiger partial charge in [0.25, 0.3) is 0 Å². The number of aromatic nitrogens is 5. The molecule has 1 aliphatic heterocycles. The molecule has 3 aromatic heterocycles. The third-order valence-corrected chi connectivity index (χ3v) is 4.18. The molecule has 26 heavy (non-hydrogen) atoms. The average molecular weight is 361 g/mol. The van der Waals surface area contributed by atoms with Crippen LogP contribution in [0.25, 0.3) is 10.9 Å². The van der Waals surface area contributed by atoms with Gasteiger partial charge < -0.3 is 10.2 Å². The molecule has 0 aromatic carbocycles. The predicted octanol–water partition coefficient (Wildman–Crippen LogP) is 2.52. The summed E-state index contributed by atoms with van der Waals surface area (Å²) < 4.78 is 38.3. The van der Waals surface area contributed by atoms with E-state index < -0.39 is 11.9 Å². The van der Waals surface area contributed by atoms with Crippen molar-refractivity contribution < 1.29 is 13.2 Å². The van der Waals surface area contributed by atoms with E-state index in [9.17, 15) is 13.2 Å². The summed E-state index contributed by atoms with van der Waals surface area (Å²) in [4.78, 5) is 22.1. The first-order chi connectivity index (χ1) is 12.5. The van der Waals surface area contributed by atoms with E-state index in [2.05, 4.69) is 35.1 Å². The molecule has 10 heteroatoms. The summed E-state index contributed by atoms with van der Waals surface area (Å²) in [7, 11) is 0. The predicted molar refractivity (Wildman–Crippen MR) is 88.6 cm³/mol. The fraction of sp³-hybridized carbons (Fsp3) is 0.312. The molecule has 1 aliphatic rings. The second-order valence-corrected chi connectivity index (χ2v) is 5.93. The lowest BCUT2D eigenvalue weighted by Crippen LogP contribution is -2.27. The normalized spacial score (nSPS) is 17.7. The Morgan fingerprint density at radius 1 is 1.12 bits per heavy atom. The standard InChI is InChI=1S/C16H14F3N7/c17-16(18,19)13-2-5-21-15(25-13)24-10-3-6-26(8-10)14-11-1-4-20-7-12(11)22-9-23-14/h1-2,4-5,7,9-10H,3,6,8H2,(H,21,24,25). The largest absolute Gasteiger partial charge is 0.433 e. The number of hydrogen-bond donors (Lipinski definition) is 1. The molecule has 4 heterocycles. The minimum absolute atomic E-state index is 0.0246. The first-order valence-corrected chi connectivity index (χ1v) is 7.97. The van der Waals surface area contributed by atoms with Gasteiger partial charge in [-0.15, -0.1) is 0 Å². The second kappa shape index (κ2) is 6.36. The molecule has 0 radical (unpaired) electrons. The summed E-state index contributed by atoms with van der Waals surface area (Å²) >= 11 is 0. The second-order valence-electron chi connectivity index (χ2n) is 5.93. The lowest BCUT2D eigenvalue weighted by molar-refractivity contribution is -0.141. The maximum atomic E-state index is 12.8. The first-order valence-electron chi connectivity index (χ1n) is 7.97. The van der Waals surface area contributed by atoms with Crippen molar-refractivity contribution in [3.8, 4) is 0 Å². The van der Waals surface area contributed by atoms with Crippen LogP contribution >= 0.6 is 0 Å². The molecule has 1 saturated heterocycles. The molecule has 3 aromatic rings. The number of alkyl halides is 3. The van der Waals surface area contributed by atoms with Crippen molar-refractivity contribution in [3.63, 3.8) is 0 Å². The van der Waals surface area contributed by atoms with Gasteiger partial charge in [0.1, 0.15) is 17.8 Å². The van der Waals surface area contributed by atoms with Crippen molar-refractivity contribution in [2.45, 2.75) is 18.6 Å². The summed E-state index contributed by atoms with van der Waals surface area (Å²) in [5, 5.41) is 3.87. The van der Waals surface area contributed by atoms with Gasteiger partial charge in [-0.3, -0.25) is 4.98 Å². The highest BCUT2D eigenvalue weighted by molar-refractivity contribution is 5.88. The highest BCUT2D eigenvalue weighted by atomic mass is 19.4. The fourth-order valence-electron chi connectivity index (χ4n) is 2.98. The molecule has 1 unspecified atom stereocenters. The summed E-state index contributed by atoms with van der Waals surface area (Å²) in [5.74, 6) is 0.759. The molecular formula is C16H14F3N7. The zero-order valence-electron chi connectivity index (χ0n) is 13.5. The number of rotatable bonds is 3. The lowest BCUT2D eigenvalue weighted by Gasteiger charge is -2.19. The minimum atomic E-state index is -4.49. The van der Waals surface area contributed by atoms with E-state index in [0.717, 1.165) is 35.4 Å². The molecule has 1 fully saturated rings. The highest BCUT2D eigenvalue weighted by Crippen LogP contribution is 2.29. The van der Waals surface area contributed by atoms with Crippen LogP contribution in [0.4, 0.5) is 24.9 Å². The smallest absolute Gasteiger partial charge is 0.354 e. The molecule has 0 spiro atoms. The molecule has 134 valence electrons. The van der Waals surface area contributed by atoms with Crippen molar-refractivity contribution in [3.05, 3.63) is 42.7 Å². The van der Waals surface area contributed by atoms with Gasteiger partial charge >= 0.3 is 6.18 Å². The molecule has 1 atom stereocenters. The van der Waals surface area contributed by atoms with E-state index in [1.54, 1.807) is 12.4 Å². The Balaban J connectivity index is 1.51. The van der Waals surface area contributed by atoms with Gasteiger partial charge in [-0.25, -0.2) is 19.9 Å². The van der Waals surface area contributed by atoms with Crippen molar-refractivity contribution >= 4 is 22.7 Å². The topological polar surface area (TPSA) is 79.7 Å². The number of fused-ring (bicyclic) bond motifs is 1. The Hall–Kier alpha value is -3.04. The number of nitrogens with zero attached hydrogens (tertiary/aromatic N) is 6. The highest BCUT2D eigenvalue weighted by Gasteiger charge is 2.33. The van der Waals surface area contributed by atoms with Gasteiger partial charge in [-0.1, -0.05) is 0 Å². The Labute approximate surface area is 146 Å². The van der Waals surface area contributed by atoms with Crippen LogP contribution in [0.1, 0.15) is 12.1 Å². The average Bonchev–Trinajstić information content (AvgIpc) is 3.09. The Morgan fingerprint density at radius 2 is 2.00 bits per heavy atom. The maximum Gasteiger partial charge on any atom is 0.433 e. The molecule has 0 bridgehead atoms. The van der Waals surface area contributed by atoms with Crippen molar-refractivity contribution in [1.29, 1.82) is 0 Å². The monoisotopic (exact) mass is 361 g/mol. The van der Waals surface area contributed by atoms with Crippen LogP contribution in [0, 0.1) is 0 Å². The fourth-order valence-corrected chi connectivity index (χ4v) is 2.98. The summed E-state index contributed by atoms with van der Waals surface area (Å²) in [6.45, 7) is 1.29. The van der Waals surface area contributed by atoms with Crippen LogP contribution in [0.5, 0.6) is 0 Å². The van der Waals surface area contributed by atoms with Crippen LogP contribution in [-0.2, 0) is 6.18 Å². The number of anilines is 2. The van der Waals surface area contributed by atoms with Gasteiger partial charge in [0.15, 0.2) is 0 Å². The van der Waals surface area contributed by atoms with Gasteiger partial charge in [-0.05, 0) is 18.6 Å². The maximum absolute atomic E-state index is 12.8. The van der Waals surface area contributed by atoms with Crippen LogP contribution in [0.3, 0.4) is 0 Å². The van der Waals surface area contributed by atoms with Gasteiger partial charge in [0.2, 0.25) is 5.95 Å². The molecule has 7 nitrogen and oxygen atoms in total. The van der Waals surface area contributed by atoms with E-state index in [4.69, 9.17) is 0 Å².